The molecule has 2 nitrogen and oxygen atoms in total. The van der Waals surface area contributed by atoms with E-state index in [9.17, 15) is 0 Å². The van der Waals surface area contributed by atoms with Crippen LogP contribution in [0.25, 0.3) is 0 Å². The smallest absolute Gasteiger partial charge is 0.0945 e. The molecule has 3 heteroatoms. The third kappa shape index (κ3) is 5.24. The van der Waals surface area contributed by atoms with Crippen molar-refractivity contribution in [3.8, 4) is 0 Å². The molecule has 0 spiro atoms. The number of hydrogen-bond donors (Lipinski definition) is 0. The maximum Gasteiger partial charge on any atom is 0.0945 e. The molecular formula is C21H23ClN2. The third-order valence-corrected chi connectivity index (χ3v) is 4.73. The van der Waals surface area contributed by atoms with Gasteiger partial charge in [0, 0.05) is 24.0 Å². The topological polar surface area (TPSA) is 17.8 Å². The Labute approximate surface area is 149 Å². The maximum absolute atomic E-state index is 5.98. The van der Waals surface area contributed by atoms with Crippen molar-refractivity contribution in [2.75, 3.05) is 0 Å². The van der Waals surface area contributed by atoms with Crippen LogP contribution < -0.4 is 0 Å². The Bertz CT molecular complexity index is 705. The zero-order chi connectivity index (χ0) is 16.6. The summed E-state index contributed by atoms with van der Waals surface area (Å²) in [5.41, 5.74) is 2.78. The predicted octanol–water partition coefficient (Wildman–Crippen LogP) is 5.42. The molecule has 3 rings (SSSR count). The van der Waals surface area contributed by atoms with Crippen molar-refractivity contribution in [1.29, 1.82) is 0 Å². The molecule has 0 aliphatic rings. The van der Waals surface area contributed by atoms with E-state index in [-0.39, 0.29) is 0 Å². The second-order valence-electron chi connectivity index (χ2n) is 6.31. The molecule has 3 aromatic rings. The fraction of sp³-hybridized carbons (Fsp3) is 0.286. The molecule has 0 saturated heterocycles. The summed E-state index contributed by atoms with van der Waals surface area (Å²) in [7, 11) is 0. The summed E-state index contributed by atoms with van der Waals surface area (Å²) in [4.78, 5) is 4.14. The van der Waals surface area contributed by atoms with Crippen molar-refractivity contribution >= 4 is 11.6 Å². The van der Waals surface area contributed by atoms with Crippen LogP contribution in [0.5, 0.6) is 0 Å². The summed E-state index contributed by atoms with van der Waals surface area (Å²) in [5, 5.41) is 0.805. The molecule has 0 amide bonds. The first kappa shape index (κ1) is 16.8. The number of halogens is 1. The van der Waals surface area contributed by atoms with Crippen LogP contribution in [0.15, 0.2) is 73.3 Å². The summed E-state index contributed by atoms with van der Waals surface area (Å²) in [6.07, 6.45) is 10.4. The standard InChI is InChI=1S/C21H23ClN2/c22-21-10-8-18(9-11-21)6-7-20(12-14-24-15-13-23-17-24)16-19-4-2-1-3-5-19/h1-5,8-11,13,15,17,20H,6-7,12,14,16H2. The summed E-state index contributed by atoms with van der Waals surface area (Å²) >= 11 is 5.98. The first-order valence-corrected chi connectivity index (χ1v) is 8.91. The lowest BCUT2D eigenvalue weighted by atomic mass is 9.90. The van der Waals surface area contributed by atoms with Gasteiger partial charge in [0.25, 0.3) is 0 Å². The number of hydrogen-bond acceptors (Lipinski definition) is 1. The van der Waals surface area contributed by atoms with Crippen molar-refractivity contribution < 1.29 is 0 Å². The zero-order valence-electron chi connectivity index (χ0n) is 13.8. The van der Waals surface area contributed by atoms with E-state index < -0.39 is 0 Å². The Morgan fingerprint density at radius 3 is 2.42 bits per heavy atom. The predicted molar refractivity (Wildman–Crippen MR) is 100 cm³/mol. The van der Waals surface area contributed by atoms with Gasteiger partial charge in [0.05, 0.1) is 6.33 Å². The molecule has 0 aliphatic carbocycles. The number of aryl methyl sites for hydroxylation is 2. The van der Waals surface area contributed by atoms with E-state index in [4.69, 9.17) is 11.6 Å². The quantitative estimate of drug-likeness (QED) is 0.536. The molecule has 0 saturated carbocycles. The second-order valence-corrected chi connectivity index (χ2v) is 6.75. The molecule has 1 atom stereocenters. The molecule has 0 radical (unpaired) electrons. The highest BCUT2D eigenvalue weighted by Gasteiger charge is 2.11. The molecule has 1 unspecified atom stereocenters. The third-order valence-electron chi connectivity index (χ3n) is 4.48. The largest absolute Gasteiger partial charge is 0.337 e. The van der Waals surface area contributed by atoms with Gasteiger partial charge in [-0.3, -0.25) is 0 Å². The average molecular weight is 339 g/mol. The Morgan fingerprint density at radius 2 is 1.71 bits per heavy atom. The van der Waals surface area contributed by atoms with Crippen molar-refractivity contribution in [3.63, 3.8) is 0 Å². The second kappa shape index (κ2) is 8.70. The van der Waals surface area contributed by atoms with Crippen molar-refractivity contribution in [2.24, 2.45) is 5.92 Å². The molecule has 1 aromatic heterocycles. The van der Waals surface area contributed by atoms with Crippen LogP contribution in [-0.2, 0) is 19.4 Å². The first-order valence-electron chi connectivity index (χ1n) is 8.54. The normalized spacial score (nSPS) is 12.2. The molecule has 2 aromatic carbocycles. The van der Waals surface area contributed by atoms with Gasteiger partial charge < -0.3 is 4.57 Å². The number of rotatable bonds is 8. The van der Waals surface area contributed by atoms with Crippen LogP contribution in [0, 0.1) is 5.92 Å². The van der Waals surface area contributed by atoms with E-state index in [1.54, 1.807) is 0 Å². The highest BCUT2D eigenvalue weighted by molar-refractivity contribution is 6.30. The first-order chi connectivity index (χ1) is 11.8. The van der Waals surface area contributed by atoms with Gasteiger partial charge in [-0.15, -0.1) is 0 Å². The molecule has 0 N–H and O–H groups in total. The molecule has 0 bridgehead atoms. The summed E-state index contributed by atoms with van der Waals surface area (Å²) in [6, 6.07) is 19.0. The van der Waals surface area contributed by atoms with Crippen LogP contribution in [0.3, 0.4) is 0 Å². The van der Waals surface area contributed by atoms with E-state index >= 15 is 0 Å². The molecule has 0 aliphatic heterocycles. The summed E-state index contributed by atoms with van der Waals surface area (Å²) < 4.78 is 2.17. The van der Waals surface area contributed by atoms with E-state index in [0.29, 0.717) is 5.92 Å². The molecule has 124 valence electrons. The number of imidazole rings is 1. The number of benzene rings is 2. The Balaban J connectivity index is 1.60. The average Bonchev–Trinajstić information content (AvgIpc) is 3.13. The van der Waals surface area contributed by atoms with Gasteiger partial charge in [-0.05, 0) is 54.9 Å². The summed E-state index contributed by atoms with van der Waals surface area (Å²) in [6.45, 7) is 1.03. The van der Waals surface area contributed by atoms with Gasteiger partial charge in [-0.25, -0.2) is 4.98 Å². The zero-order valence-corrected chi connectivity index (χ0v) is 14.6. The Kier molecular flexibility index (Phi) is 6.08. The van der Waals surface area contributed by atoms with Crippen molar-refractivity contribution in [1.82, 2.24) is 9.55 Å². The SMILES string of the molecule is Clc1ccc(CCC(CCn2ccnc2)Cc2ccccc2)cc1. The van der Waals surface area contributed by atoms with E-state index in [2.05, 4.69) is 52.0 Å². The molecular weight excluding hydrogens is 316 g/mol. The van der Waals surface area contributed by atoms with Gasteiger partial charge >= 0.3 is 0 Å². The lowest BCUT2D eigenvalue weighted by Crippen LogP contribution is -2.10. The molecule has 1 heterocycles. The van der Waals surface area contributed by atoms with E-state index in [0.717, 1.165) is 24.4 Å². The Hall–Kier alpha value is -2.06. The van der Waals surface area contributed by atoms with Crippen LogP contribution in [0.2, 0.25) is 5.02 Å². The van der Waals surface area contributed by atoms with E-state index in [1.165, 1.54) is 24.0 Å². The molecule has 0 fully saturated rings. The lowest BCUT2D eigenvalue weighted by molar-refractivity contribution is 0.416. The summed E-state index contributed by atoms with van der Waals surface area (Å²) in [5.74, 6) is 0.658. The highest BCUT2D eigenvalue weighted by Crippen LogP contribution is 2.20. The number of nitrogens with zero attached hydrogens (tertiary/aromatic N) is 2. The van der Waals surface area contributed by atoms with E-state index in [1.807, 2.05) is 30.9 Å². The minimum absolute atomic E-state index is 0.658. The van der Waals surface area contributed by atoms with Crippen LogP contribution >= 0.6 is 11.6 Å². The minimum atomic E-state index is 0.658. The van der Waals surface area contributed by atoms with Gasteiger partial charge in [0.2, 0.25) is 0 Å². The Morgan fingerprint density at radius 1 is 0.917 bits per heavy atom. The van der Waals surface area contributed by atoms with Gasteiger partial charge in [0.1, 0.15) is 0 Å². The number of aromatic nitrogens is 2. The lowest BCUT2D eigenvalue weighted by Gasteiger charge is -2.17. The van der Waals surface area contributed by atoms with Crippen LogP contribution in [0.4, 0.5) is 0 Å². The van der Waals surface area contributed by atoms with Crippen LogP contribution in [-0.4, -0.2) is 9.55 Å². The van der Waals surface area contributed by atoms with Gasteiger partial charge in [-0.2, -0.15) is 0 Å². The monoisotopic (exact) mass is 338 g/mol. The fourth-order valence-corrected chi connectivity index (χ4v) is 3.19. The van der Waals surface area contributed by atoms with Gasteiger partial charge in [-0.1, -0.05) is 54.1 Å². The highest BCUT2D eigenvalue weighted by atomic mass is 35.5. The van der Waals surface area contributed by atoms with Crippen molar-refractivity contribution in [3.05, 3.63) is 89.5 Å². The molecule has 24 heavy (non-hydrogen) atoms. The van der Waals surface area contributed by atoms with Gasteiger partial charge in [0.15, 0.2) is 0 Å². The minimum Gasteiger partial charge on any atom is -0.337 e. The van der Waals surface area contributed by atoms with Crippen LogP contribution in [0.1, 0.15) is 24.0 Å². The fourth-order valence-electron chi connectivity index (χ4n) is 3.07. The maximum atomic E-state index is 5.98. The van der Waals surface area contributed by atoms with Crippen molar-refractivity contribution in [2.45, 2.75) is 32.2 Å².